The predicted octanol–water partition coefficient (Wildman–Crippen LogP) is 3.19. The highest BCUT2D eigenvalue weighted by atomic mass is 32.2. The number of non-ortho nitro benzene ring substituents is 1. The number of benzene rings is 1. The summed E-state index contributed by atoms with van der Waals surface area (Å²) < 4.78 is 0. The van der Waals surface area contributed by atoms with Gasteiger partial charge in [-0.2, -0.15) is 5.26 Å². The number of aromatic nitrogens is 3. The third-order valence-corrected chi connectivity index (χ3v) is 4.39. The van der Waals surface area contributed by atoms with Crippen molar-refractivity contribution in [2.24, 2.45) is 0 Å². The summed E-state index contributed by atoms with van der Waals surface area (Å²) in [7, 11) is 0. The van der Waals surface area contributed by atoms with E-state index < -0.39 is 4.92 Å². The Hall–Kier alpha value is -3.51. The molecule has 0 fully saturated rings. The van der Waals surface area contributed by atoms with Crippen LogP contribution in [0.5, 0.6) is 0 Å². The number of hydrogen-bond acceptors (Lipinski definition) is 8. The Morgan fingerprint density at radius 2 is 2.00 bits per heavy atom. The van der Waals surface area contributed by atoms with Crippen LogP contribution in [0.1, 0.15) is 11.1 Å². The molecule has 3 aromatic rings. The van der Waals surface area contributed by atoms with Crippen LogP contribution in [-0.2, 0) is 5.75 Å². The van der Waals surface area contributed by atoms with Gasteiger partial charge < -0.3 is 5.73 Å². The van der Waals surface area contributed by atoms with Crippen LogP contribution in [0.2, 0.25) is 0 Å². The van der Waals surface area contributed by atoms with E-state index in [-0.39, 0.29) is 17.1 Å². The fourth-order valence-electron chi connectivity index (χ4n) is 2.21. The summed E-state index contributed by atoms with van der Waals surface area (Å²) in [6, 6.07) is 11.6. The molecule has 0 amide bonds. The zero-order chi connectivity index (χ0) is 18.5. The van der Waals surface area contributed by atoms with Crippen molar-refractivity contribution in [1.29, 1.82) is 5.26 Å². The quantitative estimate of drug-likeness (QED) is 0.316. The van der Waals surface area contributed by atoms with Gasteiger partial charge in [0.1, 0.15) is 17.5 Å². The summed E-state index contributed by atoms with van der Waals surface area (Å²) in [4.78, 5) is 23.0. The second-order valence-electron chi connectivity index (χ2n) is 5.18. The van der Waals surface area contributed by atoms with Crippen LogP contribution in [0.15, 0.2) is 53.9 Å². The Morgan fingerprint density at radius 1 is 1.23 bits per heavy atom. The molecule has 0 bridgehead atoms. The normalized spacial score (nSPS) is 10.3. The van der Waals surface area contributed by atoms with Gasteiger partial charge in [0.2, 0.25) is 0 Å². The van der Waals surface area contributed by atoms with Gasteiger partial charge in [0, 0.05) is 35.8 Å². The molecule has 3 rings (SSSR count). The minimum atomic E-state index is -0.488. The summed E-state index contributed by atoms with van der Waals surface area (Å²) in [6.45, 7) is 0. The number of nitro benzene ring substituents is 1. The third-order valence-electron chi connectivity index (χ3n) is 3.47. The van der Waals surface area contributed by atoms with Crippen molar-refractivity contribution in [2.45, 2.75) is 10.9 Å². The molecule has 8 nitrogen and oxygen atoms in total. The molecular formula is C17H12N6O2S. The molecule has 0 aliphatic rings. The first-order valence-electron chi connectivity index (χ1n) is 7.42. The molecule has 128 valence electrons. The number of nitrogen functional groups attached to an aromatic ring is 1. The molecule has 0 aliphatic carbocycles. The fraction of sp³-hybridized carbons (Fsp3) is 0.0588. The number of hydrogen-bond donors (Lipinski definition) is 1. The van der Waals surface area contributed by atoms with Gasteiger partial charge in [0.05, 0.1) is 10.6 Å². The maximum atomic E-state index is 10.8. The van der Waals surface area contributed by atoms with Gasteiger partial charge in [-0.3, -0.25) is 15.1 Å². The molecule has 0 saturated carbocycles. The molecule has 1 aromatic carbocycles. The number of thioether (sulfide) groups is 1. The molecule has 2 heterocycles. The number of nitrogens with zero attached hydrogens (tertiary/aromatic N) is 5. The van der Waals surface area contributed by atoms with Gasteiger partial charge in [-0.25, -0.2) is 9.97 Å². The zero-order valence-electron chi connectivity index (χ0n) is 13.4. The lowest BCUT2D eigenvalue weighted by molar-refractivity contribution is -0.384. The predicted molar refractivity (Wildman–Crippen MR) is 97.0 cm³/mol. The summed E-state index contributed by atoms with van der Waals surface area (Å²) in [6.07, 6.45) is 3.44. The fourth-order valence-corrected chi connectivity index (χ4v) is 3.00. The Balaban J connectivity index is 1.94. The molecule has 0 unspecified atom stereocenters. The van der Waals surface area contributed by atoms with Gasteiger partial charge in [-0.1, -0.05) is 17.8 Å². The first-order valence-corrected chi connectivity index (χ1v) is 8.41. The summed E-state index contributed by atoms with van der Waals surface area (Å²) in [5.74, 6) is 0.670. The summed E-state index contributed by atoms with van der Waals surface area (Å²) in [5.41, 5.74) is 7.92. The van der Waals surface area contributed by atoms with Crippen molar-refractivity contribution in [3.05, 3.63) is 70.0 Å². The number of pyridine rings is 1. The van der Waals surface area contributed by atoms with Crippen LogP contribution in [0, 0.1) is 21.4 Å². The van der Waals surface area contributed by atoms with E-state index in [2.05, 4.69) is 15.0 Å². The van der Waals surface area contributed by atoms with Crippen LogP contribution in [0.4, 0.5) is 11.5 Å². The van der Waals surface area contributed by atoms with Gasteiger partial charge in [0.25, 0.3) is 5.69 Å². The molecular weight excluding hydrogens is 352 g/mol. The minimum Gasteiger partial charge on any atom is -0.382 e. The summed E-state index contributed by atoms with van der Waals surface area (Å²) in [5, 5.41) is 20.6. The Labute approximate surface area is 152 Å². The van der Waals surface area contributed by atoms with Crippen molar-refractivity contribution in [1.82, 2.24) is 15.0 Å². The third kappa shape index (κ3) is 3.76. The van der Waals surface area contributed by atoms with E-state index in [0.717, 1.165) is 5.56 Å². The topological polar surface area (TPSA) is 132 Å². The maximum Gasteiger partial charge on any atom is 0.269 e. The lowest BCUT2D eigenvalue weighted by Crippen LogP contribution is -2.02. The molecule has 0 radical (unpaired) electrons. The lowest BCUT2D eigenvalue weighted by Gasteiger charge is -2.08. The first-order chi connectivity index (χ1) is 12.6. The number of nitriles is 1. The van der Waals surface area contributed by atoms with E-state index in [4.69, 9.17) is 5.73 Å². The standard InChI is InChI=1S/C17H12N6O2S/c18-8-14-15(12-3-5-13(6-4-12)23(24)25)21-17(22-16(14)19)26-10-11-2-1-7-20-9-11/h1-7,9H,10H2,(H2,19,21,22). The highest BCUT2D eigenvalue weighted by molar-refractivity contribution is 7.98. The average molecular weight is 364 g/mol. The van der Waals surface area contributed by atoms with Crippen molar-refractivity contribution in [2.75, 3.05) is 5.73 Å². The molecule has 0 spiro atoms. The Kier molecular flexibility index (Phi) is 5.05. The van der Waals surface area contributed by atoms with Crippen molar-refractivity contribution in [3.63, 3.8) is 0 Å². The average Bonchev–Trinajstić information content (AvgIpc) is 2.67. The smallest absolute Gasteiger partial charge is 0.269 e. The Morgan fingerprint density at radius 3 is 2.62 bits per heavy atom. The molecule has 0 atom stereocenters. The van der Waals surface area contributed by atoms with Gasteiger partial charge in [-0.15, -0.1) is 0 Å². The summed E-state index contributed by atoms with van der Waals surface area (Å²) >= 11 is 1.36. The number of rotatable bonds is 5. The Bertz CT molecular complexity index is 987. The van der Waals surface area contributed by atoms with E-state index in [1.807, 2.05) is 18.2 Å². The second kappa shape index (κ2) is 7.58. The molecule has 2 N–H and O–H groups in total. The van der Waals surface area contributed by atoms with Gasteiger partial charge in [0.15, 0.2) is 5.16 Å². The highest BCUT2D eigenvalue weighted by Crippen LogP contribution is 2.29. The second-order valence-corrected chi connectivity index (χ2v) is 6.12. The SMILES string of the molecule is N#Cc1c(N)nc(SCc2cccnc2)nc1-c1ccc([N+](=O)[O-])cc1. The molecule has 26 heavy (non-hydrogen) atoms. The largest absolute Gasteiger partial charge is 0.382 e. The molecule has 0 aliphatic heterocycles. The first kappa shape index (κ1) is 17.3. The van der Waals surface area contributed by atoms with E-state index in [9.17, 15) is 15.4 Å². The van der Waals surface area contributed by atoms with Crippen molar-refractivity contribution >= 4 is 23.3 Å². The van der Waals surface area contributed by atoms with Crippen LogP contribution >= 0.6 is 11.8 Å². The number of nitrogens with two attached hydrogens (primary N) is 1. The molecule has 9 heteroatoms. The number of nitro groups is 1. The van der Waals surface area contributed by atoms with E-state index in [1.165, 1.54) is 36.0 Å². The lowest BCUT2D eigenvalue weighted by atomic mass is 10.1. The monoisotopic (exact) mass is 364 g/mol. The van der Waals surface area contributed by atoms with E-state index in [0.29, 0.717) is 22.2 Å². The van der Waals surface area contributed by atoms with Crippen LogP contribution in [0.3, 0.4) is 0 Å². The van der Waals surface area contributed by atoms with Crippen LogP contribution in [-0.4, -0.2) is 19.9 Å². The van der Waals surface area contributed by atoms with Gasteiger partial charge in [-0.05, 0) is 23.8 Å². The number of anilines is 1. The van der Waals surface area contributed by atoms with E-state index >= 15 is 0 Å². The van der Waals surface area contributed by atoms with Crippen molar-refractivity contribution in [3.8, 4) is 17.3 Å². The zero-order valence-corrected chi connectivity index (χ0v) is 14.2. The van der Waals surface area contributed by atoms with Crippen LogP contribution in [0.25, 0.3) is 11.3 Å². The van der Waals surface area contributed by atoms with Crippen LogP contribution < -0.4 is 5.73 Å². The molecule has 0 saturated heterocycles. The van der Waals surface area contributed by atoms with Crippen molar-refractivity contribution < 1.29 is 4.92 Å². The maximum absolute atomic E-state index is 10.8. The minimum absolute atomic E-state index is 0.0412. The van der Waals surface area contributed by atoms with E-state index in [1.54, 1.807) is 12.4 Å². The van der Waals surface area contributed by atoms with Gasteiger partial charge >= 0.3 is 0 Å². The molecule has 2 aromatic heterocycles. The highest BCUT2D eigenvalue weighted by Gasteiger charge is 2.16.